The molecule has 1 fully saturated rings. The van der Waals surface area contributed by atoms with Gasteiger partial charge in [0.05, 0.1) is 18.9 Å². The number of carbonyl (C=O) groups is 3. The number of ether oxygens (including phenoxy) is 2. The maximum Gasteiger partial charge on any atom is 0.283 e. The lowest BCUT2D eigenvalue weighted by Crippen LogP contribution is -2.41. The van der Waals surface area contributed by atoms with Gasteiger partial charge < -0.3 is 20.1 Å². The number of nitrogens with zero attached hydrogens (tertiary/aromatic N) is 2. The van der Waals surface area contributed by atoms with Crippen molar-refractivity contribution < 1.29 is 23.9 Å². The van der Waals surface area contributed by atoms with Gasteiger partial charge in [-0.1, -0.05) is 29.8 Å². The van der Waals surface area contributed by atoms with E-state index in [1.54, 1.807) is 48.5 Å². The van der Waals surface area contributed by atoms with Gasteiger partial charge in [-0.15, -0.1) is 0 Å². The second-order valence-electron chi connectivity index (χ2n) is 8.96. The molecule has 0 radical (unpaired) electrons. The van der Waals surface area contributed by atoms with Gasteiger partial charge >= 0.3 is 0 Å². The van der Waals surface area contributed by atoms with E-state index in [2.05, 4.69) is 15.5 Å². The van der Waals surface area contributed by atoms with Crippen molar-refractivity contribution in [3.05, 3.63) is 95.2 Å². The maximum atomic E-state index is 13.1. The zero-order valence-corrected chi connectivity index (χ0v) is 21.8. The molecule has 0 aliphatic carbocycles. The molecule has 2 heterocycles. The number of imide groups is 1. The van der Waals surface area contributed by atoms with Gasteiger partial charge in [0.2, 0.25) is 0 Å². The highest BCUT2D eigenvalue weighted by Gasteiger charge is 2.39. The summed E-state index contributed by atoms with van der Waals surface area (Å²) in [5.41, 5.74) is 1.33. The van der Waals surface area contributed by atoms with Crippen LogP contribution in [-0.4, -0.2) is 62.0 Å². The van der Waals surface area contributed by atoms with E-state index in [0.29, 0.717) is 48.2 Å². The first kappa shape index (κ1) is 26.4. The summed E-state index contributed by atoms with van der Waals surface area (Å²) in [6.45, 7) is 4.45. The largest absolute Gasteiger partial charge is 0.457 e. The number of carbonyl (C=O) groups excluding carboxylic acids is 3. The number of nitrogens with one attached hydrogen (secondary N) is 2. The topological polar surface area (TPSA) is 100 Å². The first-order valence-corrected chi connectivity index (χ1v) is 12.9. The predicted molar refractivity (Wildman–Crippen MR) is 148 cm³/mol. The normalized spacial score (nSPS) is 16.0. The summed E-state index contributed by atoms with van der Waals surface area (Å²) in [5.74, 6) is -0.160. The summed E-state index contributed by atoms with van der Waals surface area (Å²) in [4.78, 5) is 41.7. The van der Waals surface area contributed by atoms with Crippen LogP contribution in [0, 0.1) is 0 Å². The highest BCUT2D eigenvalue weighted by molar-refractivity contribution is 6.53. The molecule has 3 aromatic carbocycles. The fourth-order valence-electron chi connectivity index (χ4n) is 4.24. The quantitative estimate of drug-likeness (QED) is 0.392. The van der Waals surface area contributed by atoms with Crippen LogP contribution in [-0.2, 0) is 14.3 Å². The zero-order valence-electron chi connectivity index (χ0n) is 21.1. The van der Waals surface area contributed by atoms with Crippen LogP contribution >= 0.6 is 11.6 Å². The van der Waals surface area contributed by atoms with Crippen molar-refractivity contribution in [3.8, 4) is 11.5 Å². The molecule has 0 unspecified atom stereocenters. The van der Waals surface area contributed by atoms with Crippen molar-refractivity contribution in [1.82, 2.24) is 10.2 Å². The van der Waals surface area contributed by atoms with Crippen LogP contribution in [0.3, 0.4) is 0 Å². The van der Waals surface area contributed by atoms with E-state index in [-0.39, 0.29) is 16.6 Å². The van der Waals surface area contributed by atoms with Crippen LogP contribution in [0.15, 0.2) is 89.6 Å². The van der Waals surface area contributed by atoms with Crippen LogP contribution in [0.4, 0.5) is 11.4 Å². The molecule has 39 heavy (non-hydrogen) atoms. The van der Waals surface area contributed by atoms with E-state index in [4.69, 9.17) is 21.1 Å². The Balaban J connectivity index is 1.18. The van der Waals surface area contributed by atoms with Crippen molar-refractivity contribution in [2.45, 2.75) is 0 Å². The summed E-state index contributed by atoms with van der Waals surface area (Å²) in [5, 5.41) is 5.63. The molecular weight excluding hydrogens is 520 g/mol. The highest BCUT2D eigenvalue weighted by Crippen LogP contribution is 2.32. The number of anilines is 2. The Kier molecular flexibility index (Phi) is 8.21. The smallest absolute Gasteiger partial charge is 0.283 e. The third-order valence-corrected chi connectivity index (χ3v) is 6.69. The Morgan fingerprint density at radius 1 is 0.872 bits per heavy atom. The number of hydrogen-bond donors (Lipinski definition) is 2. The number of morpholine rings is 1. The van der Waals surface area contributed by atoms with Crippen molar-refractivity contribution in [2.24, 2.45) is 0 Å². The number of halogens is 1. The molecule has 0 atom stereocenters. The molecule has 2 N–H and O–H groups in total. The lowest BCUT2D eigenvalue weighted by Gasteiger charge is -2.26. The van der Waals surface area contributed by atoms with E-state index in [0.717, 1.165) is 24.5 Å². The van der Waals surface area contributed by atoms with Gasteiger partial charge in [-0.25, -0.2) is 4.90 Å². The van der Waals surface area contributed by atoms with Crippen molar-refractivity contribution in [3.63, 3.8) is 0 Å². The molecule has 10 heteroatoms. The summed E-state index contributed by atoms with van der Waals surface area (Å²) in [6.07, 6.45) is 0. The molecule has 2 aliphatic heterocycles. The molecule has 0 spiro atoms. The summed E-state index contributed by atoms with van der Waals surface area (Å²) in [7, 11) is 0. The molecule has 0 saturated carbocycles. The summed E-state index contributed by atoms with van der Waals surface area (Å²) >= 11 is 6.26. The summed E-state index contributed by atoms with van der Waals surface area (Å²) < 4.78 is 11.1. The number of rotatable bonds is 9. The second kappa shape index (κ2) is 12.1. The number of para-hydroxylation sites is 1. The van der Waals surface area contributed by atoms with E-state index in [1.807, 2.05) is 30.3 Å². The predicted octanol–water partition coefficient (Wildman–Crippen LogP) is 3.98. The minimum Gasteiger partial charge on any atom is -0.457 e. The average Bonchev–Trinajstić information content (AvgIpc) is 3.18. The molecule has 3 aromatic rings. The van der Waals surface area contributed by atoms with Gasteiger partial charge in [0.15, 0.2) is 0 Å². The van der Waals surface area contributed by atoms with Crippen molar-refractivity contribution >= 4 is 40.7 Å². The van der Waals surface area contributed by atoms with E-state index in [1.165, 1.54) is 0 Å². The second-order valence-corrected chi connectivity index (χ2v) is 9.33. The first-order chi connectivity index (χ1) is 19.0. The van der Waals surface area contributed by atoms with Gasteiger partial charge in [-0.05, 0) is 60.7 Å². The van der Waals surface area contributed by atoms with Crippen molar-refractivity contribution in [1.29, 1.82) is 0 Å². The Morgan fingerprint density at radius 3 is 2.23 bits per heavy atom. The van der Waals surface area contributed by atoms with Gasteiger partial charge in [0.1, 0.15) is 22.2 Å². The highest BCUT2D eigenvalue weighted by atomic mass is 35.5. The monoisotopic (exact) mass is 546 g/mol. The van der Waals surface area contributed by atoms with E-state index in [9.17, 15) is 14.4 Å². The lowest BCUT2D eigenvalue weighted by molar-refractivity contribution is -0.120. The Morgan fingerprint density at radius 2 is 1.54 bits per heavy atom. The molecule has 2 aliphatic rings. The molecule has 3 amide bonds. The van der Waals surface area contributed by atoms with Gasteiger partial charge in [0, 0.05) is 37.4 Å². The van der Waals surface area contributed by atoms with Crippen molar-refractivity contribution in [2.75, 3.05) is 49.6 Å². The molecule has 0 aromatic heterocycles. The van der Waals surface area contributed by atoms with Gasteiger partial charge in [0.25, 0.3) is 17.7 Å². The number of hydrogen-bond acceptors (Lipinski definition) is 7. The first-order valence-electron chi connectivity index (χ1n) is 12.6. The third-order valence-electron chi connectivity index (χ3n) is 6.33. The fraction of sp³-hybridized carbons (Fsp3) is 0.207. The minimum atomic E-state index is -0.628. The Bertz CT molecular complexity index is 1370. The van der Waals surface area contributed by atoms with Gasteiger partial charge in [-0.3, -0.25) is 19.3 Å². The number of amides is 3. The van der Waals surface area contributed by atoms with E-state index >= 15 is 0 Å². The minimum absolute atomic E-state index is 0.0333. The SMILES string of the molecule is O=C(NCCN1CCOCC1)c1ccc(NC2=C(Cl)C(=O)N(c3ccc(Oc4ccccc4)cc3)C2=O)cc1. The van der Waals surface area contributed by atoms with Crippen LogP contribution in [0.2, 0.25) is 0 Å². The Hall–Kier alpha value is -4.18. The van der Waals surface area contributed by atoms with E-state index < -0.39 is 11.8 Å². The molecule has 9 nitrogen and oxygen atoms in total. The number of benzene rings is 3. The molecule has 5 rings (SSSR count). The summed E-state index contributed by atoms with van der Waals surface area (Å²) in [6, 6.07) is 22.5. The third kappa shape index (κ3) is 6.28. The molecule has 1 saturated heterocycles. The van der Waals surface area contributed by atoms with Crippen LogP contribution in [0.25, 0.3) is 0 Å². The van der Waals surface area contributed by atoms with Gasteiger partial charge in [-0.2, -0.15) is 0 Å². The van der Waals surface area contributed by atoms with Crippen LogP contribution < -0.4 is 20.3 Å². The average molecular weight is 547 g/mol. The fourth-order valence-corrected chi connectivity index (χ4v) is 4.45. The molecule has 200 valence electrons. The lowest BCUT2D eigenvalue weighted by atomic mass is 10.2. The Labute approximate surface area is 230 Å². The maximum absolute atomic E-state index is 13.1. The zero-order chi connectivity index (χ0) is 27.2. The van der Waals surface area contributed by atoms with Crippen LogP contribution in [0.5, 0.6) is 11.5 Å². The standard InChI is InChI=1S/C29H27ClN4O5/c30-25-26(32-21-8-6-20(7-9-21)27(35)31-14-15-33-16-18-38-19-17-33)29(37)34(28(25)36)22-10-12-24(13-11-22)39-23-4-2-1-3-5-23/h1-13,32H,14-19H2,(H,31,35). The van der Waals surface area contributed by atoms with Crippen LogP contribution in [0.1, 0.15) is 10.4 Å². The molecular formula is C29H27ClN4O5. The molecule has 0 bridgehead atoms.